The van der Waals surface area contributed by atoms with Crippen LogP contribution in [0, 0.1) is 0 Å². The molecule has 1 aromatic rings. The normalized spacial score (nSPS) is 11.9. The van der Waals surface area contributed by atoms with E-state index in [-0.39, 0.29) is 12.5 Å². The van der Waals surface area contributed by atoms with Gasteiger partial charge in [-0.15, -0.1) is 0 Å². The molecule has 0 spiro atoms. The minimum atomic E-state index is -1.59. The molecular weight excluding hydrogens is 248 g/mol. The summed E-state index contributed by atoms with van der Waals surface area (Å²) in [5.74, 6) is -1.74. The first-order valence-corrected chi connectivity index (χ1v) is 5.97. The van der Waals surface area contributed by atoms with Crippen molar-refractivity contribution < 1.29 is 19.8 Å². The third-order valence-electron chi connectivity index (χ3n) is 2.65. The van der Waals surface area contributed by atoms with E-state index >= 15 is 0 Å². The van der Waals surface area contributed by atoms with Gasteiger partial charge in [0.05, 0.1) is 6.54 Å². The molecule has 0 bridgehead atoms. The van der Waals surface area contributed by atoms with Crippen LogP contribution in [-0.2, 0) is 11.2 Å². The van der Waals surface area contributed by atoms with E-state index in [0.717, 1.165) is 12.1 Å². The number of hydrogen-bond donors (Lipinski definition) is 4. The summed E-state index contributed by atoms with van der Waals surface area (Å²) in [7, 11) is 1.83. The second-order valence-electron chi connectivity index (χ2n) is 4.07. The number of aliphatic hydroxyl groups excluding tert-OH is 1. The summed E-state index contributed by atoms with van der Waals surface area (Å²) in [6.07, 6.45) is -0.893. The molecule has 0 unspecified atom stereocenters. The number of aliphatic carboxylic acids is 1. The van der Waals surface area contributed by atoms with E-state index in [1.54, 1.807) is 12.1 Å². The van der Waals surface area contributed by atoms with Crippen LogP contribution in [0.5, 0.6) is 0 Å². The topological polar surface area (TPSA) is 98.7 Å². The van der Waals surface area contributed by atoms with E-state index in [1.165, 1.54) is 0 Å². The molecule has 1 amide bonds. The Morgan fingerprint density at radius 2 is 2.00 bits per heavy atom. The summed E-state index contributed by atoms with van der Waals surface area (Å²) in [5, 5.41) is 23.0. The van der Waals surface area contributed by atoms with Crippen LogP contribution in [0.4, 0.5) is 0 Å². The number of carboxylic acid groups (broad SMARTS) is 1. The average molecular weight is 266 g/mol. The second kappa shape index (κ2) is 7.50. The molecule has 6 nitrogen and oxygen atoms in total. The van der Waals surface area contributed by atoms with Crippen LogP contribution >= 0.6 is 0 Å². The minimum Gasteiger partial charge on any atom is -0.479 e. The van der Waals surface area contributed by atoms with Crippen molar-refractivity contribution >= 4 is 11.9 Å². The molecule has 1 aromatic carbocycles. The maximum Gasteiger partial charge on any atom is 0.334 e. The Morgan fingerprint density at radius 1 is 1.32 bits per heavy atom. The lowest BCUT2D eigenvalue weighted by atomic mass is 10.0. The summed E-state index contributed by atoms with van der Waals surface area (Å²) >= 11 is 0. The van der Waals surface area contributed by atoms with Gasteiger partial charge in [-0.05, 0) is 31.6 Å². The number of carboxylic acids is 1. The van der Waals surface area contributed by atoms with Crippen molar-refractivity contribution in [2.75, 3.05) is 20.1 Å². The molecule has 0 aliphatic rings. The molecule has 0 aliphatic heterocycles. The molecule has 19 heavy (non-hydrogen) atoms. The van der Waals surface area contributed by atoms with Gasteiger partial charge in [0.1, 0.15) is 0 Å². The highest BCUT2D eigenvalue weighted by molar-refractivity contribution is 5.95. The Labute approximate surface area is 111 Å². The first-order chi connectivity index (χ1) is 9.06. The number of amides is 1. The fourth-order valence-electron chi connectivity index (χ4n) is 1.59. The Hall–Kier alpha value is -1.92. The van der Waals surface area contributed by atoms with Gasteiger partial charge in [-0.3, -0.25) is 4.79 Å². The van der Waals surface area contributed by atoms with Crippen LogP contribution in [-0.4, -0.2) is 48.3 Å². The highest BCUT2D eigenvalue weighted by Crippen LogP contribution is 2.09. The molecule has 1 atom stereocenters. The maximum absolute atomic E-state index is 11.9. The monoisotopic (exact) mass is 266 g/mol. The smallest absolute Gasteiger partial charge is 0.334 e. The minimum absolute atomic E-state index is 0.311. The van der Waals surface area contributed by atoms with Gasteiger partial charge < -0.3 is 20.8 Å². The fraction of sp³-hybridized carbons (Fsp3) is 0.385. The molecule has 0 fully saturated rings. The Balaban J connectivity index is 2.68. The number of rotatable bonds is 7. The Bertz CT molecular complexity index is 448. The third-order valence-corrected chi connectivity index (χ3v) is 2.65. The fourth-order valence-corrected chi connectivity index (χ4v) is 1.59. The van der Waals surface area contributed by atoms with Crippen LogP contribution < -0.4 is 10.6 Å². The van der Waals surface area contributed by atoms with Gasteiger partial charge in [0.15, 0.2) is 6.10 Å². The average Bonchev–Trinajstić information content (AvgIpc) is 2.42. The molecule has 6 heteroatoms. The molecule has 104 valence electrons. The Morgan fingerprint density at radius 3 is 2.63 bits per heavy atom. The summed E-state index contributed by atoms with van der Waals surface area (Å²) in [6, 6.07) is 7.10. The van der Waals surface area contributed by atoms with Gasteiger partial charge in [-0.1, -0.05) is 18.2 Å². The zero-order chi connectivity index (χ0) is 14.3. The van der Waals surface area contributed by atoms with Crippen molar-refractivity contribution in [1.82, 2.24) is 10.6 Å². The van der Waals surface area contributed by atoms with E-state index in [9.17, 15) is 9.59 Å². The lowest BCUT2D eigenvalue weighted by molar-refractivity contribution is -0.146. The van der Waals surface area contributed by atoms with Gasteiger partial charge in [-0.25, -0.2) is 4.79 Å². The van der Waals surface area contributed by atoms with Gasteiger partial charge in [0.2, 0.25) is 0 Å². The molecule has 0 heterocycles. The van der Waals surface area contributed by atoms with Crippen molar-refractivity contribution in [2.24, 2.45) is 0 Å². The predicted octanol–water partition coefficient (Wildman–Crippen LogP) is -0.376. The van der Waals surface area contributed by atoms with Crippen molar-refractivity contribution in [3.8, 4) is 0 Å². The molecule has 0 saturated carbocycles. The van der Waals surface area contributed by atoms with Crippen LogP contribution in [0.1, 0.15) is 15.9 Å². The van der Waals surface area contributed by atoms with Crippen LogP contribution in [0.3, 0.4) is 0 Å². The van der Waals surface area contributed by atoms with E-state index in [1.807, 2.05) is 19.2 Å². The van der Waals surface area contributed by atoms with E-state index in [4.69, 9.17) is 10.2 Å². The highest BCUT2D eigenvalue weighted by atomic mass is 16.4. The van der Waals surface area contributed by atoms with Gasteiger partial charge >= 0.3 is 5.97 Å². The van der Waals surface area contributed by atoms with E-state index in [0.29, 0.717) is 12.0 Å². The molecular formula is C13H18N2O4. The summed E-state index contributed by atoms with van der Waals surface area (Å²) in [5.41, 5.74) is 1.37. The molecule has 0 aromatic heterocycles. The number of hydrogen-bond acceptors (Lipinski definition) is 4. The first-order valence-electron chi connectivity index (χ1n) is 5.97. The number of likely N-dealkylation sites (N-methyl/N-ethyl adjacent to an activating group) is 1. The SMILES string of the molecule is CNCCc1ccccc1C(=O)NC[C@H](O)C(=O)O. The van der Waals surface area contributed by atoms with Crippen molar-refractivity contribution in [2.45, 2.75) is 12.5 Å². The third kappa shape index (κ3) is 4.69. The number of carbonyl (C=O) groups excluding carboxylic acids is 1. The number of carbonyl (C=O) groups is 2. The first kappa shape index (κ1) is 15.1. The molecule has 0 saturated heterocycles. The molecule has 4 N–H and O–H groups in total. The largest absolute Gasteiger partial charge is 0.479 e. The van der Waals surface area contributed by atoms with Gasteiger partial charge in [0.25, 0.3) is 5.91 Å². The maximum atomic E-state index is 11.9. The van der Waals surface area contributed by atoms with Crippen molar-refractivity contribution in [3.05, 3.63) is 35.4 Å². The second-order valence-corrected chi connectivity index (χ2v) is 4.07. The molecule has 0 aliphatic carbocycles. The molecule has 1 rings (SSSR count). The van der Waals surface area contributed by atoms with Crippen LogP contribution in [0.15, 0.2) is 24.3 Å². The molecule has 0 radical (unpaired) electrons. The van der Waals surface area contributed by atoms with Crippen LogP contribution in [0.25, 0.3) is 0 Å². The number of nitrogens with one attached hydrogen (secondary N) is 2. The zero-order valence-electron chi connectivity index (χ0n) is 10.7. The zero-order valence-corrected chi connectivity index (χ0v) is 10.7. The lowest BCUT2D eigenvalue weighted by Crippen LogP contribution is -2.36. The van der Waals surface area contributed by atoms with Crippen molar-refractivity contribution in [3.63, 3.8) is 0 Å². The summed E-state index contributed by atoms with van der Waals surface area (Å²) in [4.78, 5) is 22.4. The number of aliphatic hydroxyl groups is 1. The van der Waals surface area contributed by atoms with Crippen LogP contribution in [0.2, 0.25) is 0 Å². The standard InChI is InChI=1S/C13H18N2O4/c1-14-7-6-9-4-2-3-5-10(9)12(17)15-8-11(16)13(18)19/h2-5,11,14,16H,6-8H2,1H3,(H,15,17)(H,18,19)/t11-/m0/s1. The number of benzene rings is 1. The predicted molar refractivity (Wildman–Crippen MR) is 70.0 cm³/mol. The lowest BCUT2D eigenvalue weighted by Gasteiger charge is -2.11. The summed E-state index contributed by atoms with van der Waals surface area (Å²) in [6.45, 7) is 0.427. The van der Waals surface area contributed by atoms with Crippen molar-refractivity contribution in [1.29, 1.82) is 0 Å². The van der Waals surface area contributed by atoms with Gasteiger partial charge in [-0.2, -0.15) is 0 Å². The highest BCUT2D eigenvalue weighted by Gasteiger charge is 2.16. The van der Waals surface area contributed by atoms with Gasteiger partial charge in [0, 0.05) is 5.56 Å². The Kier molecular flexibility index (Phi) is 5.98. The summed E-state index contributed by atoms with van der Waals surface area (Å²) < 4.78 is 0. The van der Waals surface area contributed by atoms with E-state index < -0.39 is 12.1 Å². The van der Waals surface area contributed by atoms with E-state index in [2.05, 4.69) is 10.6 Å². The quantitative estimate of drug-likeness (QED) is 0.539.